The van der Waals surface area contributed by atoms with Crippen LogP contribution in [0, 0.1) is 5.92 Å². The Labute approximate surface area is 173 Å². The van der Waals surface area contributed by atoms with E-state index in [0.29, 0.717) is 24.1 Å². The molecule has 0 aliphatic heterocycles. The van der Waals surface area contributed by atoms with Gasteiger partial charge in [-0.1, -0.05) is 63.9 Å². The van der Waals surface area contributed by atoms with Crippen LogP contribution in [0.5, 0.6) is 0 Å². The van der Waals surface area contributed by atoms with Crippen molar-refractivity contribution in [2.24, 2.45) is 5.92 Å². The minimum atomic E-state index is -0.588. The third-order valence-corrected chi connectivity index (χ3v) is 4.94. The summed E-state index contributed by atoms with van der Waals surface area (Å²) in [4.78, 5) is 36.8. The number of amides is 1. The largest absolute Gasteiger partial charge is 0.373 e. The molecule has 5 heteroatoms. The number of Topliss-reactive ketones (excluding diaryl/α,β-unsaturated/α-hetero) is 1. The van der Waals surface area contributed by atoms with E-state index in [1.54, 1.807) is 6.92 Å². The molecule has 29 heavy (non-hydrogen) atoms. The summed E-state index contributed by atoms with van der Waals surface area (Å²) in [6.07, 6.45) is 3.70. The van der Waals surface area contributed by atoms with Crippen LogP contribution in [0.25, 0.3) is 10.8 Å². The Bertz CT molecular complexity index is 860. The van der Waals surface area contributed by atoms with Crippen LogP contribution in [0.4, 0.5) is 5.69 Å². The first-order valence-electron chi connectivity index (χ1n) is 10.4. The summed E-state index contributed by atoms with van der Waals surface area (Å²) < 4.78 is 0. The second-order valence-electron chi connectivity index (χ2n) is 7.99. The zero-order chi connectivity index (χ0) is 21.4. The van der Waals surface area contributed by atoms with Gasteiger partial charge in [-0.05, 0) is 30.7 Å². The fourth-order valence-electron chi connectivity index (χ4n) is 3.33. The van der Waals surface area contributed by atoms with Crippen molar-refractivity contribution in [1.29, 1.82) is 0 Å². The van der Waals surface area contributed by atoms with E-state index in [0.717, 1.165) is 29.9 Å². The summed E-state index contributed by atoms with van der Waals surface area (Å²) >= 11 is 0. The Morgan fingerprint density at radius 2 is 1.79 bits per heavy atom. The minimum absolute atomic E-state index is 0.0505. The number of rotatable bonds is 11. The second-order valence-corrected chi connectivity index (χ2v) is 7.99. The molecule has 0 bridgehead atoms. The van der Waals surface area contributed by atoms with Gasteiger partial charge in [0.25, 0.3) is 0 Å². The molecule has 2 rings (SSSR count). The maximum Gasteiger partial charge on any atom is 0.242 e. The third-order valence-electron chi connectivity index (χ3n) is 4.94. The van der Waals surface area contributed by atoms with E-state index in [1.165, 1.54) is 0 Å². The summed E-state index contributed by atoms with van der Waals surface area (Å²) in [6, 6.07) is 10.5. The van der Waals surface area contributed by atoms with Crippen molar-refractivity contribution >= 4 is 34.4 Å². The van der Waals surface area contributed by atoms with Gasteiger partial charge in [0.1, 0.15) is 12.3 Å². The number of unbranched alkanes of at least 4 members (excludes halogenated alkanes) is 1. The van der Waals surface area contributed by atoms with Gasteiger partial charge < -0.3 is 15.4 Å². The average molecular weight is 397 g/mol. The lowest BCUT2D eigenvalue weighted by Gasteiger charge is -2.21. The number of carbonyl (C=O) groups excluding carboxylic acids is 3. The molecule has 0 radical (unpaired) electrons. The number of fused-ring (bicyclic) bond motifs is 1. The van der Waals surface area contributed by atoms with Gasteiger partial charge in [0.05, 0.1) is 11.7 Å². The van der Waals surface area contributed by atoms with Crippen LogP contribution in [-0.2, 0) is 9.59 Å². The minimum Gasteiger partial charge on any atom is -0.373 e. The molecule has 0 heterocycles. The van der Waals surface area contributed by atoms with E-state index in [2.05, 4.69) is 10.6 Å². The monoisotopic (exact) mass is 396 g/mol. The molecule has 0 spiro atoms. The molecule has 2 N–H and O–H groups in total. The molecule has 2 atom stereocenters. The number of nitrogens with one attached hydrogen (secondary N) is 2. The second kappa shape index (κ2) is 10.7. The number of anilines is 1. The zero-order valence-corrected chi connectivity index (χ0v) is 17.8. The van der Waals surface area contributed by atoms with Gasteiger partial charge in [-0.2, -0.15) is 0 Å². The van der Waals surface area contributed by atoms with Gasteiger partial charge in [-0.15, -0.1) is 0 Å². The summed E-state index contributed by atoms with van der Waals surface area (Å²) in [6.45, 7) is 7.82. The van der Waals surface area contributed by atoms with E-state index in [1.807, 2.05) is 57.2 Å². The first-order valence-corrected chi connectivity index (χ1v) is 10.4. The first-order chi connectivity index (χ1) is 13.9. The molecule has 2 aromatic rings. The maximum atomic E-state index is 12.8. The SMILES string of the molecule is CCCCC(C=O)NC(=O)C(C)Nc1c(C(=O)CC(C)C)ccc2ccccc12. The highest BCUT2D eigenvalue weighted by molar-refractivity contribution is 6.10. The van der Waals surface area contributed by atoms with Gasteiger partial charge >= 0.3 is 0 Å². The highest BCUT2D eigenvalue weighted by atomic mass is 16.2. The van der Waals surface area contributed by atoms with Crippen LogP contribution >= 0.6 is 0 Å². The highest BCUT2D eigenvalue weighted by Gasteiger charge is 2.21. The van der Waals surface area contributed by atoms with Gasteiger partial charge in [0.2, 0.25) is 5.91 Å². The predicted octanol–water partition coefficient (Wildman–Crippen LogP) is 4.74. The van der Waals surface area contributed by atoms with Gasteiger partial charge in [0.15, 0.2) is 5.78 Å². The number of hydrogen-bond acceptors (Lipinski definition) is 4. The number of ketones is 1. The molecular weight excluding hydrogens is 364 g/mol. The molecule has 0 aliphatic carbocycles. The summed E-state index contributed by atoms with van der Waals surface area (Å²) in [5.74, 6) is 0.0393. The van der Waals surface area contributed by atoms with E-state index in [-0.39, 0.29) is 17.6 Å². The van der Waals surface area contributed by atoms with Crippen LogP contribution in [-0.4, -0.2) is 30.1 Å². The van der Waals surface area contributed by atoms with Crippen molar-refractivity contribution in [2.75, 3.05) is 5.32 Å². The van der Waals surface area contributed by atoms with Crippen molar-refractivity contribution in [3.8, 4) is 0 Å². The Morgan fingerprint density at radius 1 is 1.07 bits per heavy atom. The lowest BCUT2D eigenvalue weighted by molar-refractivity contribution is -0.124. The van der Waals surface area contributed by atoms with Crippen molar-refractivity contribution in [1.82, 2.24) is 5.32 Å². The van der Waals surface area contributed by atoms with Crippen LogP contribution in [0.15, 0.2) is 36.4 Å². The highest BCUT2D eigenvalue weighted by Crippen LogP contribution is 2.30. The zero-order valence-electron chi connectivity index (χ0n) is 17.8. The van der Waals surface area contributed by atoms with Crippen LogP contribution in [0.3, 0.4) is 0 Å². The van der Waals surface area contributed by atoms with E-state index < -0.39 is 12.1 Å². The third kappa shape index (κ3) is 6.14. The Hall–Kier alpha value is -2.69. The van der Waals surface area contributed by atoms with E-state index in [9.17, 15) is 14.4 Å². The van der Waals surface area contributed by atoms with Crippen molar-refractivity contribution in [3.05, 3.63) is 42.0 Å². The van der Waals surface area contributed by atoms with Crippen LogP contribution in [0.1, 0.15) is 63.7 Å². The van der Waals surface area contributed by atoms with Crippen LogP contribution in [0.2, 0.25) is 0 Å². The molecular formula is C24H32N2O3. The molecule has 0 aliphatic rings. The topological polar surface area (TPSA) is 75.3 Å². The fraction of sp³-hybridized carbons (Fsp3) is 0.458. The first kappa shape index (κ1) is 22.6. The molecule has 0 saturated heterocycles. The van der Waals surface area contributed by atoms with Gasteiger partial charge in [-0.3, -0.25) is 9.59 Å². The average Bonchev–Trinajstić information content (AvgIpc) is 2.70. The summed E-state index contributed by atoms with van der Waals surface area (Å²) in [5.41, 5.74) is 1.27. The lowest BCUT2D eigenvalue weighted by Crippen LogP contribution is -2.44. The summed E-state index contributed by atoms with van der Waals surface area (Å²) in [5, 5.41) is 7.94. The molecule has 0 aromatic heterocycles. The van der Waals surface area contributed by atoms with Gasteiger partial charge in [0, 0.05) is 17.4 Å². The molecule has 2 unspecified atom stereocenters. The van der Waals surface area contributed by atoms with Crippen LogP contribution < -0.4 is 10.6 Å². The maximum absolute atomic E-state index is 12.8. The quantitative estimate of drug-likeness (QED) is 0.425. The normalized spacial score (nSPS) is 13.1. The Balaban J connectivity index is 2.29. The van der Waals surface area contributed by atoms with Crippen molar-refractivity contribution < 1.29 is 14.4 Å². The molecule has 156 valence electrons. The molecule has 0 fully saturated rings. The molecule has 5 nitrogen and oxygen atoms in total. The molecule has 0 saturated carbocycles. The number of aldehydes is 1. The van der Waals surface area contributed by atoms with E-state index >= 15 is 0 Å². The fourth-order valence-corrected chi connectivity index (χ4v) is 3.33. The lowest BCUT2D eigenvalue weighted by atomic mass is 9.96. The molecule has 1 amide bonds. The van der Waals surface area contributed by atoms with E-state index in [4.69, 9.17) is 0 Å². The number of hydrogen-bond donors (Lipinski definition) is 2. The Kier molecular flexibility index (Phi) is 8.37. The predicted molar refractivity (Wildman–Crippen MR) is 118 cm³/mol. The van der Waals surface area contributed by atoms with Crippen molar-refractivity contribution in [3.63, 3.8) is 0 Å². The summed E-state index contributed by atoms with van der Waals surface area (Å²) in [7, 11) is 0. The molecule has 2 aromatic carbocycles. The smallest absolute Gasteiger partial charge is 0.242 e. The number of carbonyl (C=O) groups is 3. The van der Waals surface area contributed by atoms with Gasteiger partial charge in [-0.25, -0.2) is 0 Å². The standard InChI is InChI=1S/C24H32N2O3/c1-5-6-10-19(15-27)26-24(29)17(4)25-23-20-11-8-7-9-18(20)12-13-21(23)22(28)14-16(2)3/h7-9,11-13,15-17,19,25H,5-6,10,14H2,1-4H3,(H,26,29). The number of benzene rings is 2. The van der Waals surface area contributed by atoms with Crippen molar-refractivity contribution in [2.45, 2.75) is 65.5 Å². The Morgan fingerprint density at radius 3 is 2.45 bits per heavy atom.